The highest BCUT2D eigenvalue weighted by Gasteiger charge is 2.16. The first kappa shape index (κ1) is 11.8. The summed E-state index contributed by atoms with van der Waals surface area (Å²) >= 11 is 0. The maximum absolute atomic E-state index is 9.01. The lowest BCUT2D eigenvalue weighted by molar-refractivity contribution is 0.0854. The van der Waals surface area contributed by atoms with Crippen molar-refractivity contribution in [2.45, 2.75) is 31.9 Å². The summed E-state index contributed by atoms with van der Waals surface area (Å²) in [5, 5.41) is 29.2. The van der Waals surface area contributed by atoms with Crippen molar-refractivity contribution in [2.75, 3.05) is 19.8 Å². The molecule has 0 aliphatic carbocycles. The van der Waals surface area contributed by atoms with Gasteiger partial charge in [0.15, 0.2) is 0 Å². The number of nitrogens with one attached hydrogen (secondary N) is 1. The van der Waals surface area contributed by atoms with Crippen LogP contribution in [0.4, 0.5) is 0 Å². The van der Waals surface area contributed by atoms with E-state index in [-0.39, 0.29) is 18.8 Å². The quantitative estimate of drug-likeness (QED) is 0.424. The van der Waals surface area contributed by atoms with Crippen LogP contribution in [0.15, 0.2) is 0 Å². The Bertz CT molecular complexity index is 117. The van der Waals surface area contributed by atoms with Crippen molar-refractivity contribution in [3.63, 3.8) is 0 Å². The van der Waals surface area contributed by atoms with E-state index in [1.165, 1.54) is 0 Å². The predicted molar refractivity (Wildman–Crippen MR) is 46.9 cm³/mol. The molecule has 0 saturated carbocycles. The van der Waals surface area contributed by atoms with Crippen molar-refractivity contribution in [3.05, 3.63) is 0 Å². The second-order valence-electron chi connectivity index (χ2n) is 3.57. The third kappa shape index (κ3) is 5.49. The Kier molecular flexibility index (Phi) is 5.41. The molecule has 0 heterocycles. The van der Waals surface area contributed by atoms with Crippen molar-refractivity contribution in [3.8, 4) is 0 Å². The van der Waals surface area contributed by atoms with Crippen molar-refractivity contribution < 1.29 is 15.3 Å². The zero-order chi connectivity index (χ0) is 9.61. The lowest BCUT2D eigenvalue weighted by Crippen LogP contribution is -2.44. The number of rotatable bonds is 6. The minimum atomic E-state index is -0.719. The molecule has 0 aliphatic heterocycles. The Hall–Kier alpha value is -0.160. The summed E-state index contributed by atoms with van der Waals surface area (Å²) in [5.74, 6) is 0. The molecule has 0 radical (unpaired) electrons. The summed E-state index contributed by atoms with van der Waals surface area (Å²) in [7, 11) is 0. The lowest BCUT2D eigenvalue weighted by Gasteiger charge is -2.26. The molecule has 0 aromatic heterocycles. The maximum Gasteiger partial charge on any atom is 0.0895 e. The van der Waals surface area contributed by atoms with E-state index in [2.05, 4.69) is 5.32 Å². The monoisotopic (exact) mass is 177 g/mol. The highest BCUT2D eigenvalue weighted by Crippen LogP contribution is 2.06. The van der Waals surface area contributed by atoms with E-state index in [0.29, 0.717) is 13.0 Å². The summed E-state index contributed by atoms with van der Waals surface area (Å²) in [6.45, 7) is 4.11. The fourth-order valence-corrected chi connectivity index (χ4v) is 0.827. The molecule has 0 aromatic carbocycles. The van der Waals surface area contributed by atoms with E-state index in [1.807, 2.05) is 13.8 Å². The molecule has 0 saturated heterocycles. The third-order valence-electron chi connectivity index (χ3n) is 1.76. The molecule has 0 aromatic rings. The van der Waals surface area contributed by atoms with Gasteiger partial charge in [-0.15, -0.1) is 0 Å². The first-order valence-corrected chi connectivity index (χ1v) is 4.16. The van der Waals surface area contributed by atoms with Gasteiger partial charge in [0.1, 0.15) is 0 Å². The summed E-state index contributed by atoms with van der Waals surface area (Å²) in [6, 6.07) is 0. The third-order valence-corrected chi connectivity index (χ3v) is 1.76. The molecule has 0 fully saturated rings. The molecule has 0 spiro atoms. The molecule has 4 heteroatoms. The second-order valence-corrected chi connectivity index (χ2v) is 3.57. The molecule has 1 atom stereocenters. The minimum absolute atomic E-state index is 0.120. The number of β-amino-alcohol motifs (C(OH)–C–C–N with tert-alkyl or cyclic N) is 1. The van der Waals surface area contributed by atoms with Crippen LogP contribution in [0, 0.1) is 0 Å². The standard InChI is InChI=1S/C8H19NO3/c1-8(2,3-4-10)9-5-7(12)6-11/h7,9-12H,3-6H2,1-2H3/t7-/m0/s1. The molecule has 4 N–H and O–H groups in total. The van der Waals surface area contributed by atoms with Crippen molar-refractivity contribution >= 4 is 0 Å². The van der Waals surface area contributed by atoms with Gasteiger partial charge in [0.05, 0.1) is 12.7 Å². The lowest BCUT2D eigenvalue weighted by atomic mass is 10.0. The number of aliphatic hydroxyl groups excluding tert-OH is 3. The molecule has 0 aliphatic rings. The maximum atomic E-state index is 9.01. The van der Waals surface area contributed by atoms with Crippen LogP contribution in [-0.4, -0.2) is 46.7 Å². The normalized spacial score (nSPS) is 14.8. The zero-order valence-electron chi connectivity index (χ0n) is 7.75. The molecule has 0 unspecified atom stereocenters. The highest BCUT2D eigenvalue weighted by molar-refractivity contribution is 4.78. The SMILES string of the molecule is CC(C)(CCO)NC[C@H](O)CO. The fraction of sp³-hybridized carbons (Fsp3) is 1.00. The molecule has 0 bridgehead atoms. The smallest absolute Gasteiger partial charge is 0.0895 e. The Labute approximate surface area is 73.2 Å². The van der Waals surface area contributed by atoms with Crippen molar-refractivity contribution in [1.29, 1.82) is 0 Å². The van der Waals surface area contributed by atoms with Gasteiger partial charge in [-0.05, 0) is 20.3 Å². The summed E-state index contributed by atoms with van der Waals surface area (Å²) < 4.78 is 0. The van der Waals surface area contributed by atoms with Gasteiger partial charge in [0.2, 0.25) is 0 Å². The van der Waals surface area contributed by atoms with Crippen LogP contribution in [0.25, 0.3) is 0 Å². The van der Waals surface area contributed by atoms with Gasteiger partial charge in [-0.2, -0.15) is 0 Å². The van der Waals surface area contributed by atoms with Gasteiger partial charge in [-0.25, -0.2) is 0 Å². The Morgan fingerprint density at radius 1 is 1.33 bits per heavy atom. The Morgan fingerprint density at radius 3 is 2.33 bits per heavy atom. The predicted octanol–water partition coefficient (Wildman–Crippen LogP) is -0.910. The molecular weight excluding hydrogens is 158 g/mol. The average molecular weight is 177 g/mol. The summed E-state index contributed by atoms with van der Waals surface area (Å²) in [5.41, 5.74) is -0.190. The summed E-state index contributed by atoms with van der Waals surface area (Å²) in [4.78, 5) is 0. The van der Waals surface area contributed by atoms with E-state index in [1.54, 1.807) is 0 Å². The fourth-order valence-electron chi connectivity index (χ4n) is 0.827. The van der Waals surface area contributed by atoms with Crippen LogP contribution < -0.4 is 5.32 Å². The largest absolute Gasteiger partial charge is 0.396 e. The van der Waals surface area contributed by atoms with E-state index in [0.717, 1.165) is 0 Å². The first-order chi connectivity index (χ1) is 5.52. The topological polar surface area (TPSA) is 72.7 Å². The Balaban J connectivity index is 3.59. The Morgan fingerprint density at radius 2 is 1.92 bits per heavy atom. The van der Waals surface area contributed by atoms with Crippen LogP contribution in [0.2, 0.25) is 0 Å². The van der Waals surface area contributed by atoms with Gasteiger partial charge in [0, 0.05) is 18.7 Å². The van der Waals surface area contributed by atoms with Gasteiger partial charge in [0.25, 0.3) is 0 Å². The summed E-state index contributed by atoms with van der Waals surface area (Å²) in [6.07, 6.45) is -0.0894. The van der Waals surface area contributed by atoms with Gasteiger partial charge < -0.3 is 20.6 Å². The van der Waals surface area contributed by atoms with E-state index in [9.17, 15) is 0 Å². The number of aliphatic hydroxyl groups is 3. The van der Waals surface area contributed by atoms with E-state index in [4.69, 9.17) is 15.3 Å². The van der Waals surface area contributed by atoms with Crippen LogP contribution in [-0.2, 0) is 0 Å². The van der Waals surface area contributed by atoms with Crippen LogP contribution in [0.1, 0.15) is 20.3 Å². The molecule has 12 heavy (non-hydrogen) atoms. The molecule has 74 valence electrons. The number of hydrogen-bond donors (Lipinski definition) is 4. The highest BCUT2D eigenvalue weighted by atomic mass is 16.3. The van der Waals surface area contributed by atoms with E-state index < -0.39 is 6.10 Å². The van der Waals surface area contributed by atoms with Gasteiger partial charge in [-0.1, -0.05) is 0 Å². The van der Waals surface area contributed by atoms with Crippen molar-refractivity contribution in [1.82, 2.24) is 5.32 Å². The second kappa shape index (κ2) is 5.48. The molecule has 0 rings (SSSR count). The van der Waals surface area contributed by atoms with Crippen molar-refractivity contribution in [2.24, 2.45) is 0 Å². The van der Waals surface area contributed by atoms with Gasteiger partial charge >= 0.3 is 0 Å². The minimum Gasteiger partial charge on any atom is -0.396 e. The van der Waals surface area contributed by atoms with Crippen LogP contribution >= 0.6 is 0 Å². The number of hydrogen-bond acceptors (Lipinski definition) is 4. The zero-order valence-corrected chi connectivity index (χ0v) is 7.75. The molecule has 4 nitrogen and oxygen atoms in total. The van der Waals surface area contributed by atoms with Crippen LogP contribution in [0.5, 0.6) is 0 Å². The molecular formula is C8H19NO3. The first-order valence-electron chi connectivity index (χ1n) is 4.16. The molecule has 0 amide bonds. The average Bonchev–Trinajstić information content (AvgIpc) is 2.00. The van der Waals surface area contributed by atoms with Crippen LogP contribution in [0.3, 0.4) is 0 Å². The van der Waals surface area contributed by atoms with Gasteiger partial charge in [-0.3, -0.25) is 0 Å². The van der Waals surface area contributed by atoms with E-state index >= 15 is 0 Å².